The van der Waals surface area contributed by atoms with Crippen LogP contribution in [0.25, 0.3) is 0 Å². The Hall–Kier alpha value is -0.890. The molecule has 1 aliphatic heterocycles. The highest BCUT2D eigenvalue weighted by molar-refractivity contribution is 14.0. The molecule has 0 bridgehead atoms. The SMILES string of the molecule is CN=C(NCCCc1cccc(F)c1)NCC1CCCOC1C(C)(C)C.I. The predicted octanol–water partition coefficient (Wildman–Crippen LogP) is 4.38. The van der Waals surface area contributed by atoms with E-state index in [1.807, 2.05) is 6.07 Å². The maximum atomic E-state index is 13.2. The second kappa shape index (κ2) is 11.8. The third kappa shape index (κ3) is 8.34. The highest BCUT2D eigenvalue weighted by Gasteiger charge is 2.35. The minimum atomic E-state index is -0.170. The fourth-order valence-electron chi connectivity index (χ4n) is 3.65. The maximum Gasteiger partial charge on any atom is 0.190 e. The lowest BCUT2D eigenvalue weighted by molar-refractivity contribution is -0.0835. The van der Waals surface area contributed by atoms with Crippen molar-refractivity contribution in [3.05, 3.63) is 35.6 Å². The minimum absolute atomic E-state index is 0. The second-order valence-electron chi connectivity index (χ2n) is 8.17. The van der Waals surface area contributed by atoms with Crippen LogP contribution in [0.4, 0.5) is 4.39 Å². The topological polar surface area (TPSA) is 45.7 Å². The number of aliphatic imine (C=N–C) groups is 1. The van der Waals surface area contributed by atoms with Gasteiger partial charge in [-0.1, -0.05) is 32.9 Å². The van der Waals surface area contributed by atoms with Gasteiger partial charge in [0.25, 0.3) is 0 Å². The smallest absolute Gasteiger partial charge is 0.190 e. The number of guanidine groups is 1. The lowest BCUT2D eigenvalue weighted by Crippen LogP contribution is -2.47. The van der Waals surface area contributed by atoms with E-state index in [4.69, 9.17) is 4.74 Å². The van der Waals surface area contributed by atoms with E-state index in [1.54, 1.807) is 19.2 Å². The number of hydrogen-bond donors (Lipinski definition) is 2. The summed E-state index contributed by atoms with van der Waals surface area (Å²) >= 11 is 0. The molecule has 1 heterocycles. The lowest BCUT2D eigenvalue weighted by atomic mass is 9.78. The monoisotopic (exact) mass is 491 g/mol. The van der Waals surface area contributed by atoms with Crippen molar-refractivity contribution in [1.29, 1.82) is 0 Å². The van der Waals surface area contributed by atoms with Gasteiger partial charge in [-0.25, -0.2) is 4.39 Å². The molecule has 154 valence electrons. The van der Waals surface area contributed by atoms with E-state index in [9.17, 15) is 4.39 Å². The molecule has 0 aromatic heterocycles. The van der Waals surface area contributed by atoms with Crippen molar-refractivity contribution in [3.8, 4) is 0 Å². The average molecular weight is 491 g/mol. The van der Waals surface area contributed by atoms with E-state index < -0.39 is 0 Å². The van der Waals surface area contributed by atoms with Crippen LogP contribution in [-0.2, 0) is 11.2 Å². The van der Waals surface area contributed by atoms with Gasteiger partial charge in [0.15, 0.2) is 5.96 Å². The van der Waals surface area contributed by atoms with Crippen LogP contribution in [0.5, 0.6) is 0 Å². The summed E-state index contributed by atoms with van der Waals surface area (Å²) < 4.78 is 19.2. The number of nitrogens with zero attached hydrogens (tertiary/aromatic N) is 1. The Morgan fingerprint density at radius 2 is 2.07 bits per heavy atom. The highest BCUT2D eigenvalue weighted by Crippen LogP contribution is 2.33. The summed E-state index contributed by atoms with van der Waals surface area (Å²) in [4.78, 5) is 4.31. The van der Waals surface area contributed by atoms with Crippen LogP contribution >= 0.6 is 24.0 Å². The van der Waals surface area contributed by atoms with E-state index in [0.29, 0.717) is 5.92 Å². The van der Waals surface area contributed by atoms with Gasteiger partial charge in [0.1, 0.15) is 5.82 Å². The third-order valence-electron chi connectivity index (χ3n) is 4.88. The molecule has 2 rings (SSSR count). The number of benzene rings is 1. The summed E-state index contributed by atoms with van der Waals surface area (Å²) in [5.74, 6) is 1.15. The summed E-state index contributed by atoms with van der Waals surface area (Å²) in [6.45, 7) is 9.28. The zero-order valence-electron chi connectivity index (χ0n) is 17.1. The molecule has 1 fully saturated rings. The first-order chi connectivity index (χ1) is 12.4. The summed E-state index contributed by atoms with van der Waals surface area (Å²) in [5, 5.41) is 6.80. The van der Waals surface area contributed by atoms with Crippen LogP contribution in [0.1, 0.15) is 45.6 Å². The van der Waals surface area contributed by atoms with Crippen LogP contribution in [0.15, 0.2) is 29.3 Å². The van der Waals surface area contributed by atoms with Crippen molar-refractivity contribution in [2.75, 3.05) is 26.7 Å². The normalized spacial score (nSPS) is 20.7. The highest BCUT2D eigenvalue weighted by atomic mass is 127. The number of aryl methyl sites for hydroxylation is 1. The molecule has 0 aliphatic carbocycles. The van der Waals surface area contributed by atoms with Crippen molar-refractivity contribution in [2.45, 2.75) is 52.6 Å². The molecule has 2 N–H and O–H groups in total. The van der Waals surface area contributed by atoms with Crippen LogP contribution in [0, 0.1) is 17.2 Å². The number of hydrogen-bond acceptors (Lipinski definition) is 2. The van der Waals surface area contributed by atoms with Crippen LogP contribution in [0.3, 0.4) is 0 Å². The van der Waals surface area contributed by atoms with Gasteiger partial charge in [0.2, 0.25) is 0 Å². The molecule has 1 aromatic rings. The second-order valence-corrected chi connectivity index (χ2v) is 8.17. The van der Waals surface area contributed by atoms with Gasteiger partial charge in [0.05, 0.1) is 6.10 Å². The third-order valence-corrected chi connectivity index (χ3v) is 4.88. The van der Waals surface area contributed by atoms with Gasteiger partial charge in [0, 0.05) is 32.7 Å². The largest absolute Gasteiger partial charge is 0.377 e. The van der Waals surface area contributed by atoms with E-state index in [1.165, 1.54) is 12.5 Å². The Morgan fingerprint density at radius 1 is 1.30 bits per heavy atom. The van der Waals surface area contributed by atoms with Gasteiger partial charge < -0.3 is 15.4 Å². The fourth-order valence-corrected chi connectivity index (χ4v) is 3.65. The zero-order valence-corrected chi connectivity index (χ0v) is 19.4. The van der Waals surface area contributed by atoms with Crippen LogP contribution in [-0.4, -0.2) is 38.8 Å². The Balaban J connectivity index is 0.00000364. The molecule has 27 heavy (non-hydrogen) atoms. The van der Waals surface area contributed by atoms with Crippen molar-refractivity contribution in [3.63, 3.8) is 0 Å². The van der Waals surface area contributed by atoms with Crippen molar-refractivity contribution >= 4 is 29.9 Å². The van der Waals surface area contributed by atoms with Crippen LogP contribution < -0.4 is 10.6 Å². The van der Waals surface area contributed by atoms with Crippen molar-refractivity contribution in [2.24, 2.45) is 16.3 Å². The number of nitrogens with one attached hydrogen (secondary N) is 2. The molecule has 0 saturated carbocycles. The average Bonchev–Trinajstić information content (AvgIpc) is 2.60. The molecule has 0 amide bonds. The fraction of sp³-hybridized carbons (Fsp3) is 0.667. The summed E-state index contributed by atoms with van der Waals surface area (Å²) in [7, 11) is 1.79. The molecule has 4 nitrogen and oxygen atoms in total. The first-order valence-corrected chi connectivity index (χ1v) is 9.70. The van der Waals surface area contributed by atoms with Crippen LogP contribution in [0.2, 0.25) is 0 Å². The molecule has 0 spiro atoms. The number of rotatable bonds is 6. The Labute approximate surface area is 180 Å². The molecule has 1 saturated heterocycles. The summed E-state index contributed by atoms with van der Waals surface area (Å²) in [5.41, 5.74) is 1.18. The number of halogens is 2. The Morgan fingerprint density at radius 3 is 2.74 bits per heavy atom. The van der Waals surface area contributed by atoms with Gasteiger partial charge in [-0.05, 0) is 48.8 Å². The minimum Gasteiger partial charge on any atom is -0.377 e. The standard InChI is InChI=1S/C21H34FN3O.HI/c1-21(2,3)19-17(10-7-13-26-19)15-25-20(23-4)24-12-6-9-16-8-5-11-18(22)14-16;/h5,8,11,14,17,19H,6-7,9-10,12-13,15H2,1-4H3,(H2,23,24,25);1H. The van der Waals surface area contributed by atoms with E-state index in [-0.39, 0.29) is 41.3 Å². The molecule has 0 radical (unpaired) electrons. The Bertz CT molecular complexity index is 589. The molecule has 1 aliphatic rings. The van der Waals surface area contributed by atoms with Crippen molar-refractivity contribution in [1.82, 2.24) is 10.6 Å². The molecule has 2 unspecified atom stereocenters. The molecule has 6 heteroatoms. The maximum absolute atomic E-state index is 13.2. The molecular formula is C21H35FIN3O. The number of ether oxygens (including phenoxy) is 1. The lowest BCUT2D eigenvalue weighted by Gasteiger charge is -2.40. The van der Waals surface area contributed by atoms with E-state index in [2.05, 4.69) is 36.4 Å². The van der Waals surface area contributed by atoms with E-state index in [0.717, 1.165) is 50.5 Å². The molecule has 2 atom stereocenters. The zero-order chi connectivity index (χ0) is 19.0. The van der Waals surface area contributed by atoms with Gasteiger partial charge in [-0.15, -0.1) is 24.0 Å². The van der Waals surface area contributed by atoms with Gasteiger partial charge in [-0.3, -0.25) is 4.99 Å². The molecule has 1 aromatic carbocycles. The van der Waals surface area contributed by atoms with Gasteiger partial charge >= 0.3 is 0 Å². The first kappa shape index (κ1) is 24.1. The first-order valence-electron chi connectivity index (χ1n) is 9.70. The molecular weight excluding hydrogens is 456 g/mol. The Kier molecular flexibility index (Phi) is 10.6. The summed E-state index contributed by atoms with van der Waals surface area (Å²) in [6, 6.07) is 6.80. The van der Waals surface area contributed by atoms with E-state index >= 15 is 0 Å². The quantitative estimate of drug-likeness (QED) is 0.269. The predicted molar refractivity (Wildman–Crippen MR) is 121 cm³/mol. The van der Waals surface area contributed by atoms with Gasteiger partial charge in [-0.2, -0.15) is 0 Å². The summed E-state index contributed by atoms with van der Waals surface area (Å²) in [6.07, 6.45) is 4.37. The van der Waals surface area contributed by atoms with Crippen molar-refractivity contribution < 1.29 is 9.13 Å².